The molecule has 130 valence electrons. The van der Waals surface area contributed by atoms with E-state index in [0.29, 0.717) is 18.1 Å². The molecule has 0 atom stereocenters. The van der Waals surface area contributed by atoms with E-state index in [1.807, 2.05) is 30.3 Å². The number of aryl methyl sites for hydroxylation is 1. The number of anilines is 2. The Morgan fingerprint density at radius 2 is 1.76 bits per heavy atom. The van der Waals surface area contributed by atoms with E-state index in [0.717, 1.165) is 34.2 Å². The highest BCUT2D eigenvalue weighted by Gasteiger charge is 2.19. The molecule has 0 saturated carbocycles. The van der Waals surface area contributed by atoms with Crippen molar-refractivity contribution in [3.05, 3.63) is 41.5 Å². The van der Waals surface area contributed by atoms with Gasteiger partial charge in [0.1, 0.15) is 12.6 Å². The van der Waals surface area contributed by atoms with E-state index < -0.39 is 0 Å². The van der Waals surface area contributed by atoms with Crippen LogP contribution in [-0.4, -0.2) is 28.9 Å². The summed E-state index contributed by atoms with van der Waals surface area (Å²) < 4.78 is 10.6. The Balaban J connectivity index is 2.29. The van der Waals surface area contributed by atoms with Crippen LogP contribution in [0.5, 0.6) is 0 Å². The second-order valence-corrected chi connectivity index (χ2v) is 5.56. The average molecular weight is 339 g/mol. The lowest BCUT2D eigenvalue weighted by Gasteiger charge is -2.17. The van der Waals surface area contributed by atoms with Gasteiger partial charge in [-0.3, -0.25) is 0 Å². The summed E-state index contributed by atoms with van der Waals surface area (Å²) in [7, 11) is 1.59. The van der Waals surface area contributed by atoms with E-state index in [2.05, 4.69) is 16.9 Å². The van der Waals surface area contributed by atoms with Crippen LogP contribution in [0.1, 0.15) is 18.1 Å². The quantitative estimate of drug-likeness (QED) is 0.524. The second-order valence-electron chi connectivity index (χ2n) is 5.56. The first-order valence-corrected chi connectivity index (χ1v) is 8.02. The van der Waals surface area contributed by atoms with Crippen molar-refractivity contribution in [2.24, 2.45) is 0 Å². The predicted molar refractivity (Wildman–Crippen MR) is 97.6 cm³/mol. The zero-order valence-electron chi connectivity index (χ0n) is 14.3. The minimum atomic E-state index is 0.113. The number of benzene rings is 1. The van der Waals surface area contributed by atoms with Gasteiger partial charge >= 0.3 is 0 Å². The summed E-state index contributed by atoms with van der Waals surface area (Å²) in [4.78, 5) is 13.1. The van der Waals surface area contributed by atoms with Crippen LogP contribution in [0.4, 0.5) is 11.8 Å². The van der Waals surface area contributed by atoms with Gasteiger partial charge in [0.25, 0.3) is 0 Å². The smallest absolute Gasteiger partial charge is 0.224 e. The number of methoxy groups -OCH3 is 1. The SMILES string of the molecule is CCc1c(COCOC)c(-c2ccccc2)nc2nc(N)nc(N)c12. The predicted octanol–water partition coefficient (Wildman–Crippen LogP) is 2.54. The Labute approximate surface area is 146 Å². The van der Waals surface area contributed by atoms with Crippen molar-refractivity contribution in [1.29, 1.82) is 0 Å². The van der Waals surface area contributed by atoms with E-state index in [1.54, 1.807) is 7.11 Å². The molecule has 0 aliphatic heterocycles. The van der Waals surface area contributed by atoms with Gasteiger partial charge in [0.15, 0.2) is 5.65 Å². The minimum absolute atomic E-state index is 0.113. The van der Waals surface area contributed by atoms with E-state index in [9.17, 15) is 0 Å². The summed E-state index contributed by atoms with van der Waals surface area (Å²) in [6.45, 7) is 2.61. The normalized spacial score (nSPS) is 11.1. The van der Waals surface area contributed by atoms with Gasteiger partial charge in [0.2, 0.25) is 5.95 Å². The molecular formula is C18H21N5O2. The van der Waals surface area contributed by atoms with Gasteiger partial charge in [-0.25, -0.2) is 4.98 Å². The molecule has 7 heteroatoms. The maximum absolute atomic E-state index is 6.11. The Kier molecular flexibility index (Phi) is 5.06. The zero-order valence-corrected chi connectivity index (χ0v) is 14.3. The topological polar surface area (TPSA) is 109 Å². The Hall–Kier alpha value is -2.77. The molecule has 4 N–H and O–H groups in total. The third kappa shape index (κ3) is 3.38. The first kappa shape index (κ1) is 17.1. The molecule has 0 aliphatic carbocycles. The molecule has 0 unspecified atom stereocenters. The molecule has 0 fully saturated rings. The molecule has 3 aromatic rings. The summed E-state index contributed by atoms with van der Waals surface area (Å²) in [6, 6.07) is 9.90. The van der Waals surface area contributed by atoms with Crippen LogP contribution in [0.25, 0.3) is 22.3 Å². The van der Waals surface area contributed by atoms with Crippen molar-refractivity contribution in [2.45, 2.75) is 20.0 Å². The fourth-order valence-corrected chi connectivity index (χ4v) is 2.93. The summed E-state index contributed by atoms with van der Waals surface area (Å²) in [5, 5.41) is 0.729. The number of hydrogen-bond donors (Lipinski definition) is 2. The molecule has 25 heavy (non-hydrogen) atoms. The molecular weight excluding hydrogens is 318 g/mol. The first-order valence-electron chi connectivity index (χ1n) is 8.02. The first-order chi connectivity index (χ1) is 12.2. The molecule has 2 aromatic heterocycles. The van der Waals surface area contributed by atoms with Gasteiger partial charge in [-0.05, 0) is 12.0 Å². The number of fused-ring (bicyclic) bond motifs is 1. The number of nitrogens with two attached hydrogens (primary N) is 2. The van der Waals surface area contributed by atoms with Crippen LogP contribution >= 0.6 is 0 Å². The minimum Gasteiger partial charge on any atom is -0.383 e. The Morgan fingerprint density at radius 1 is 1.00 bits per heavy atom. The number of hydrogen-bond acceptors (Lipinski definition) is 7. The van der Waals surface area contributed by atoms with Crippen LogP contribution < -0.4 is 11.5 Å². The van der Waals surface area contributed by atoms with Gasteiger partial charge in [-0.1, -0.05) is 37.3 Å². The van der Waals surface area contributed by atoms with Gasteiger partial charge in [-0.2, -0.15) is 9.97 Å². The Morgan fingerprint density at radius 3 is 2.44 bits per heavy atom. The zero-order chi connectivity index (χ0) is 17.8. The third-order valence-corrected chi connectivity index (χ3v) is 3.95. The number of ether oxygens (including phenoxy) is 2. The maximum Gasteiger partial charge on any atom is 0.224 e. The summed E-state index contributed by atoms with van der Waals surface area (Å²) >= 11 is 0. The highest BCUT2D eigenvalue weighted by Crippen LogP contribution is 2.33. The van der Waals surface area contributed by atoms with E-state index in [1.165, 1.54) is 0 Å². The monoisotopic (exact) mass is 339 g/mol. The van der Waals surface area contributed by atoms with Crippen molar-refractivity contribution >= 4 is 22.8 Å². The van der Waals surface area contributed by atoms with E-state index >= 15 is 0 Å². The number of nitrogens with zero attached hydrogens (tertiary/aromatic N) is 3. The molecule has 3 rings (SSSR count). The number of nitrogen functional groups attached to an aromatic ring is 2. The lowest BCUT2D eigenvalue weighted by Crippen LogP contribution is -2.09. The lowest BCUT2D eigenvalue weighted by molar-refractivity contribution is -0.0391. The molecule has 0 bridgehead atoms. The highest BCUT2D eigenvalue weighted by atomic mass is 16.7. The molecule has 0 saturated heterocycles. The van der Waals surface area contributed by atoms with Crippen molar-refractivity contribution < 1.29 is 9.47 Å². The number of rotatable bonds is 6. The van der Waals surface area contributed by atoms with Crippen molar-refractivity contribution in [2.75, 3.05) is 25.4 Å². The molecule has 0 aliphatic rings. The second kappa shape index (κ2) is 7.42. The fraction of sp³-hybridized carbons (Fsp3) is 0.278. The van der Waals surface area contributed by atoms with Gasteiger partial charge < -0.3 is 20.9 Å². The average Bonchev–Trinajstić information content (AvgIpc) is 2.62. The van der Waals surface area contributed by atoms with Crippen LogP contribution in [0.2, 0.25) is 0 Å². The van der Waals surface area contributed by atoms with Gasteiger partial charge in [-0.15, -0.1) is 0 Å². The highest BCUT2D eigenvalue weighted by molar-refractivity contribution is 5.93. The van der Waals surface area contributed by atoms with Crippen LogP contribution in [0, 0.1) is 0 Å². The molecule has 1 aromatic carbocycles. The molecule has 7 nitrogen and oxygen atoms in total. The molecule has 0 amide bonds. The largest absolute Gasteiger partial charge is 0.383 e. The van der Waals surface area contributed by atoms with E-state index in [-0.39, 0.29) is 12.7 Å². The van der Waals surface area contributed by atoms with Crippen molar-refractivity contribution in [1.82, 2.24) is 15.0 Å². The summed E-state index contributed by atoms with van der Waals surface area (Å²) in [5.74, 6) is 0.446. The lowest BCUT2D eigenvalue weighted by atomic mass is 9.97. The van der Waals surface area contributed by atoms with Crippen molar-refractivity contribution in [3.63, 3.8) is 0 Å². The Bertz CT molecular complexity index is 884. The van der Waals surface area contributed by atoms with Crippen molar-refractivity contribution in [3.8, 4) is 11.3 Å². The molecule has 0 radical (unpaired) electrons. The van der Waals surface area contributed by atoms with Gasteiger partial charge in [0.05, 0.1) is 17.7 Å². The maximum atomic E-state index is 6.11. The fourth-order valence-electron chi connectivity index (χ4n) is 2.93. The van der Waals surface area contributed by atoms with Crippen LogP contribution in [-0.2, 0) is 22.5 Å². The summed E-state index contributed by atoms with van der Waals surface area (Å²) in [5.41, 5.74) is 16.1. The van der Waals surface area contributed by atoms with Crippen LogP contribution in [0.15, 0.2) is 30.3 Å². The standard InChI is InChI=1S/C18H21N5O2/c1-3-12-13(9-25-10-24-2)15(11-7-5-4-6-8-11)21-17-14(12)16(19)22-18(20)23-17/h4-8H,3,9-10H2,1-2H3,(H4,19,20,21,22,23). The van der Waals surface area contributed by atoms with E-state index in [4.69, 9.17) is 25.9 Å². The third-order valence-electron chi connectivity index (χ3n) is 3.95. The van der Waals surface area contributed by atoms with Gasteiger partial charge in [0, 0.05) is 18.2 Å². The van der Waals surface area contributed by atoms with Crippen LogP contribution in [0.3, 0.4) is 0 Å². The number of aromatic nitrogens is 3. The molecule has 0 spiro atoms. The number of pyridine rings is 1. The summed E-state index contributed by atoms with van der Waals surface area (Å²) in [6.07, 6.45) is 0.738. The molecule has 2 heterocycles.